The molecular formula is C7H12N2O2S. The summed E-state index contributed by atoms with van der Waals surface area (Å²) in [4.78, 5) is 13.1. The van der Waals surface area contributed by atoms with E-state index in [1.165, 1.54) is 7.11 Å². The Hall–Kier alpha value is -1.10. The zero-order valence-electron chi connectivity index (χ0n) is 7.33. The highest BCUT2D eigenvalue weighted by molar-refractivity contribution is 7.13. The van der Waals surface area contributed by atoms with Gasteiger partial charge in [0.05, 0.1) is 12.8 Å². The van der Waals surface area contributed by atoms with Crippen molar-refractivity contribution in [3.63, 3.8) is 0 Å². The molecule has 0 aromatic carbocycles. The molecule has 0 atom stereocenters. The highest BCUT2D eigenvalue weighted by Gasteiger charge is 1.90. The van der Waals surface area contributed by atoms with Crippen LogP contribution in [0.4, 0.5) is 5.13 Å². The fraction of sp³-hybridized carbons (Fsp3) is 0.429. The predicted octanol–water partition coefficient (Wildman–Crippen LogP) is 1.28. The van der Waals surface area contributed by atoms with Gasteiger partial charge in [0.15, 0.2) is 5.13 Å². The summed E-state index contributed by atoms with van der Waals surface area (Å²) in [5.74, 6) is 0. The zero-order valence-corrected chi connectivity index (χ0v) is 8.14. The van der Waals surface area contributed by atoms with Gasteiger partial charge in [0.1, 0.15) is 0 Å². The number of ether oxygens (including phenoxy) is 1. The average molecular weight is 188 g/mol. The smallest absolute Gasteiger partial charge is 0.292 e. The summed E-state index contributed by atoms with van der Waals surface area (Å²) in [5, 5.41) is 5.96. The summed E-state index contributed by atoms with van der Waals surface area (Å²) < 4.78 is 3.86. The molecule has 1 N–H and O–H groups in total. The summed E-state index contributed by atoms with van der Waals surface area (Å²) in [6.07, 6.45) is 0. The van der Waals surface area contributed by atoms with Crippen molar-refractivity contribution >= 4 is 22.9 Å². The fourth-order valence-electron chi connectivity index (χ4n) is 0.469. The predicted molar refractivity (Wildman–Crippen MR) is 49.5 cm³/mol. The highest BCUT2D eigenvalue weighted by Crippen LogP contribution is 2.12. The van der Waals surface area contributed by atoms with Gasteiger partial charge in [0.25, 0.3) is 6.47 Å². The van der Waals surface area contributed by atoms with E-state index in [9.17, 15) is 0 Å². The number of nitrogens with one attached hydrogen (secondary N) is 1. The van der Waals surface area contributed by atoms with E-state index in [1.54, 1.807) is 11.3 Å². The van der Waals surface area contributed by atoms with Crippen LogP contribution in [0.1, 0.15) is 5.69 Å². The Balaban J connectivity index is 0.000000261. The summed E-state index contributed by atoms with van der Waals surface area (Å²) in [6.45, 7) is 2.36. The van der Waals surface area contributed by atoms with Crippen molar-refractivity contribution in [2.45, 2.75) is 6.92 Å². The molecular weight excluding hydrogens is 176 g/mol. The Kier molecular flexibility index (Phi) is 6.00. The largest absolute Gasteiger partial charge is 0.471 e. The number of nitrogens with zero attached hydrogens (tertiary/aromatic N) is 1. The van der Waals surface area contributed by atoms with Crippen LogP contribution in [0.5, 0.6) is 0 Å². The summed E-state index contributed by atoms with van der Waals surface area (Å²) in [6, 6.07) is 0. The fourth-order valence-corrected chi connectivity index (χ4v) is 1.12. The van der Waals surface area contributed by atoms with Crippen LogP contribution in [0.15, 0.2) is 5.38 Å². The van der Waals surface area contributed by atoms with E-state index in [-0.39, 0.29) is 0 Å². The summed E-state index contributed by atoms with van der Waals surface area (Å²) in [7, 11) is 3.19. The highest BCUT2D eigenvalue weighted by atomic mass is 32.1. The van der Waals surface area contributed by atoms with E-state index in [2.05, 4.69) is 15.0 Å². The van der Waals surface area contributed by atoms with Crippen molar-refractivity contribution in [1.29, 1.82) is 0 Å². The Labute approximate surface area is 75.6 Å². The molecule has 1 aromatic heterocycles. The Bertz CT molecular complexity index is 225. The minimum absolute atomic E-state index is 0.375. The molecule has 0 aliphatic heterocycles. The van der Waals surface area contributed by atoms with Gasteiger partial charge in [-0.2, -0.15) is 0 Å². The van der Waals surface area contributed by atoms with E-state index < -0.39 is 0 Å². The van der Waals surface area contributed by atoms with Gasteiger partial charge in [0.2, 0.25) is 0 Å². The third-order valence-electron chi connectivity index (χ3n) is 0.929. The third kappa shape index (κ3) is 4.68. The van der Waals surface area contributed by atoms with E-state index in [4.69, 9.17) is 4.79 Å². The molecule has 1 heterocycles. The minimum atomic E-state index is 0.375. The maximum absolute atomic E-state index is 8.95. The first-order chi connectivity index (χ1) is 5.74. The number of aryl methyl sites for hydroxylation is 1. The Morgan fingerprint density at radius 2 is 2.33 bits per heavy atom. The number of thiazole rings is 1. The number of hydrogen-bond donors (Lipinski definition) is 1. The van der Waals surface area contributed by atoms with Gasteiger partial charge in [0, 0.05) is 12.4 Å². The van der Waals surface area contributed by atoms with Crippen LogP contribution in [0.25, 0.3) is 0 Å². The topological polar surface area (TPSA) is 51.2 Å². The standard InChI is InChI=1S/C5H8N2S.C2H4O2/c1-4-3-8-5(6-2)7-4;1-4-2-3/h3H,1-2H3,(H,6,7);2H,1H3. The van der Waals surface area contributed by atoms with Gasteiger partial charge in [-0.15, -0.1) is 11.3 Å². The molecule has 1 aromatic rings. The van der Waals surface area contributed by atoms with Crippen LogP contribution in [0, 0.1) is 6.92 Å². The van der Waals surface area contributed by atoms with Crippen molar-refractivity contribution in [2.24, 2.45) is 0 Å². The second-order valence-electron chi connectivity index (χ2n) is 1.88. The molecule has 0 unspecified atom stereocenters. The number of methoxy groups -OCH3 is 1. The maximum atomic E-state index is 8.95. The molecule has 5 heteroatoms. The first-order valence-electron chi connectivity index (χ1n) is 3.31. The van der Waals surface area contributed by atoms with E-state index in [1.807, 2.05) is 19.4 Å². The van der Waals surface area contributed by atoms with Crippen LogP contribution < -0.4 is 5.32 Å². The number of hydrogen-bond acceptors (Lipinski definition) is 5. The Morgan fingerprint density at radius 1 is 1.75 bits per heavy atom. The molecule has 0 saturated carbocycles. The monoisotopic (exact) mass is 188 g/mol. The normalized spacial score (nSPS) is 7.92. The van der Waals surface area contributed by atoms with Crippen LogP contribution in [0.2, 0.25) is 0 Å². The molecule has 0 saturated heterocycles. The lowest BCUT2D eigenvalue weighted by molar-refractivity contribution is -0.126. The lowest BCUT2D eigenvalue weighted by atomic mass is 10.6. The number of anilines is 1. The molecule has 1 rings (SSSR count). The molecule has 0 aliphatic carbocycles. The summed E-state index contributed by atoms with van der Waals surface area (Å²) >= 11 is 1.63. The van der Waals surface area contributed by atoms with Crippen molar-refractivity contribution in [1.82, 2.24) is 4.98 Å². The lowest BCUT2D eigenvalue weighted by Gasteiger charge is -1.85. The maximum Gasteiger partial charge on any atom is 0.292 e. The number of carbonyl (C=O) groups excluding carboxylic acids is 1. The van der Waals surface area contributed by atoms with Crippen molar-refractivity contribution in [3.8, 4) is 0 Å². The average Bonchev–Trinajstić information content (AvgIpc) is 2.52. The van der Waals surface area contributed by atoms with Crippen LogP contribution >= 0.6 is 11.3 Å². The lowest BCUT2D eigenvalue weighted by Crippen LogP contribution is -1.84. The molecule has 0 bridgehead atoms. The van der Waals surface area contributed by atoms with Crippen LogP contribution in [-0.4, -0.2) is 25.6 Å². The quantitative estimate of drug-likeness (QED) is 0.710. The molecule has 0 amide bonds. The molecule has 12 heavy (non-hydrogen) atoms. The van der Waals surface area contributed by atoms with Gasteiger partial charge in [-0.1, -0.05) is 0 Å². The molecule has 0 radical (unpaired) electrons. The molecule has 0 fully saturated rings. The molecule has 68 valence electrons. The number of aromatic nitrogens is 1. The van der Waals surface area contributed by atoms with Gasteiger partial charge in [-0.25, -0.2) is 4.98 Å². The molecule has 0 aliphatic rings. The van der Waals surface area contributed by atoms with Crippen molar-refractivity contribution < 1.29 is 9.53 Å². The van der Waals surface area contributed by atoms with Crippen molar-refractivity contribution in [3.05, 3.63) is 11.1 Å². The number of carbonyl (C=O) groups is 1. The zero-order chi connectivity index (χ0) is 9.40. The van der Waals surface area contributed by atoms with Gasteiger partial charge in [-0.3, -0.25) is 4.79 Å². The third-order valence-corrected chi connectivity index (χ3v) is 1.91. The van der Waals surface area contributed by atoms with Gasteiger partial charge in [-0.05, 0) is 6.92 Å². The van der Waals surface area contributed by atoms with E-state index in [0.29, 0.717) is 6.47 Å². The second-order valence-corrected chi connectivity index (χ2v) is 2.73. The Morgan fingerprint density at radius 3 is 2.50 bits per heavy atom. The van der Waals surface area contributed by atoms with Crippen molar-refractivity contribution in [2.75, 3.05) is 19.5 Å². The summed E-state index contributed by atoms with van der Waals surface area (Å²) in [5.41, 5.74) is 1.08. The first kappa shape index (κ1) is 10.9. The minimum Gasteiger partial charge on any atom is -0.471 e. The molecule has 4 nitrogen and oxygen atoms in total. The van der Waals surface area contributed by atoms with E-state index >= 15 is 0 Å². The van der Waals surface area contributed by atoms with Gasteiger partial charge >= 0.3 is 0 Å². The van der Waals surface area contributed by atoms with Crippen LogP contribution in [0.3, 0.4) is 0 Å². The SMILES string of the molecule is CNc1nc(C)cs1.COC=O. The first-order valence-corrected chi connectivity index (χ1v) is 4.19. The number of rotatable bonds is 2. The van der Waals surface area contributed by atoms with Gasteiger partial charge < -0.3 is 10.1 Å². The second kappa shape index (κ2) is 6.60. The molecule has 0 spiro atoms. The van der Waals surface area contributed by atoms with Crippen LogP contribution in [-0.2, 0) is 9.53 Å². The van der Waals surface area contributed by atoms with E-state index in [0.717, 1.165) is 10.8 Å².